The Bertz CT molecular complexity index is 710. The molecule has 0 spiro atoms. The highest BCUT2D eigenvalue weighted by molar-refractivity contribution is 9.10. The van der Waals surface area contributed by atoms with Crippen molar-refractivity contribution >= 4 is 44.5 Å². The van der Waals surface area contributed by atoms with Crippen LogP contribution in [0.3, 0.4) is 0 Å². The fraction of sp³-hybridized carbons (Fsp3) is 0.0714. The molecular weight excluding hydrogens is 362 g/mol. The summed E-state index contributed by atoms with van der Waals surface area (Å²) in [6.45, 7) is 0. The molecule has 110 valence electrons. The van der Waals surface area contributed by atoms with Crippen LogP contribution in [-0.4, -0.2) is 12.1 Å². The Balaban J connectivity index is 2.34. The molecule has 0 amide bonds. The van der Waals surface area contributed by atoms with Gasteiger partial charge in [0, 0.05) is 17.3 Å². The predicted molar refractivity (Wildman–Crippen MR) is 86.2 cm³/mol. The summed E-state index contributed by atoms with van der Waals surface area (Å²) in [6.07, 6.45) is 0. The highest BCUT2D eigenvalue weighted by atomic mass is 79.9. The average Bonchev–Trinajstić information content (AvgIpc) is 2.44. The second kappa shape index (κ2) is 6.36. The fourth-order valence-electron chi connectivity index (χ4n) is 1.74. The van der Waals surface area contributed by atoms with E-state index in [0.717, 1.165) is 0 Å². The number of nitrogens with one attached hydrogen (secondary N) is 1. The minimum Gasteiger partial charge on any atom is -0.494 e. The molecule has 7 heteroatoms. The zero-order valence-corrected chi connectivity index (χ0v) is 13.3. The number of thiocarbonyl (C=S) groups is 1. The summed E-state index contributed by atoms with van der Waals surface area (Å²) in [7, 11) is 1.37. The molecule has 0 saturated heterocycles. The Morgan fingerprint density at radius 3 is 2.57 bits per heavy atom. The lowest BCUT2D eigenvalue weighted by Gasteiger charge is -2.12. The number of halogens is 3. The minimum absolute atomic E-state index is 0.0859. The number of hydrogen-bond acceptors (Lipinski definition) is 3. The molecule has 0 heterocycles. The lowest BCUT2D eigenvalue weighted by atomic mass is 10.2. The van der Waals surface area contributed by atoms with Gasteiger partial charge in [0.1, 0.15) is 4.99 Å². The Hall–Kier alpha value is -1.73. The van der Waals surface area contributed by atoms with Gasteiger partial charge in [-0.1, -0.05) is 12.2 Å². The van der Waals surface area contributed by atoms with Gasteiger partial charge in [0.15, 0.2) is 17.4 Å². The average molecular weight is 373 g/mol. The number of ether oxygens (including phenoxy) is 1. The number of nitrogens with two attached hydrogens (primary N) is 1. The smallest absolute Gasteiger partial charge is 0.167 e. The zero-order chi connectivity index (χ0) is 15.6. The molecule has 0 saturated carbocycles. The number of hydrogen-bond donors (Lipinski definition) is 2. The Morgan fingerprint density at radius 2 is 2.00 bits per heavy atom. The third-order valence-electron chi connectivity index (χ3n) is 2.78. The largest absolute Gasteiger partial charge is 0.494 e. The van der Waals surface area contributed by atoms with Gasteiger partial charge in [0.2, 0.25) is 0 Å². The summed E-state index contributed by atoms with van der Waals surface area (Å²) in [5.41, 5.74) is 6.45. The summed E-state index contributed by atoms with van der Waals surface area (Å²) in [4.78, 5) is 0.0859. The van der Waals surface area contributed by atoms with Crippen molar-refractivity contribution in [3.05, 3.63) is 52.0 Å². The summed E-state index contributed by atoms with van der Waals surface area (Å²) >= 11 is 7.93. The number of rotatable bonds is 4. The Labute approximate surface area is 134 Å². The first kappa shape index (κ1) is 15.7. The molecule has 0 aliphatic rings. The number of methoxy groups -OCH3 is 1. The van der Waals surface area contributed by atoms with Crippen molar-refractivity contribution in [1.82, 2.24) is 0 Å². The van der Waals surface area contributed by atoms with E-state index in [9.17, 15) is 8.78 Å². The van der Waals surface area contributed by atoms with Crippen molar-refractivity contribution in [3.63, 3.8) is 0 Å². The Kier molecular flexibility index (Phi) is 4.74. The molecule has 2 aromatic carbocycles. The molecule has 2 rings (SSSR count). The molecular formula is C14H11BrF2N2OS. The standard InChI is InChI=1S/C14H11BrF2N2OS/c1-20-11-5-2-7(6-9(11)16)19-10-4-3-8(14(18)21)12(15)13(10)17/h2-6,19H,1H3,(H2,18,21). The molecule has 21 heavy (non-hydrogen) atoms. The van der Waals surface area contributed by atoms with Crippen molar-refractivity contribution < 1.29 is 13.5 Å². The van der Waals surface area contributed by atoms with E-state index in [0.29, 0.717) is 11.3 Å². The molecule has 3 nitrogen and oxygen atoms in total. The van der Waals surface area contributed by atoms with Crippen LogP contribution >= 0.6 is 28.1 Å². The van der Waals surface area contributed by atoms with E-state index in [1.54, 1.807) is 12.1 Å². The third kappa shape index (κ3) is 3.30. The Morgan fingerprint density at radius 1 is 1.29 bits per heavy atom. The van der Waals surface area contributed by atoms with Gasteiger partial charge >= 0.3 is 0 Å². The monoisotopic (exact) mass is 372 g/mol. The van der Waals surface area contributed by atoms with Crippen molar-refractivity contribution in [1.29, 1.82) is 0 Å². The van der Waals surface area contributed by atoms with Crippen molar-refractivity contribution in [2.45, 2.75) is 0 Å². The van der Waals surface area contributed by atoms with Crippen LogP contribution in [0, 0.1) is 11.6 Å². The SMILES string of the molecule is COc1ccc(Nc2ccc(C(N)=S)c(Br)c2F)cc1F. The molecule has 0 aliphatic carbocycles. The fourth-order valence-corrected chi connectivity index (χ4v) is 2.60. The van der Waals surface area contributed by atoms with E-state index in [4.69, 9.17) is 22.7 Å². The highest BCUT2D eigenvalue weighted by Gasteiger charge is 2.13. The first-order valence-corrected chi connectivity index (χ1v) is 7.02. The molecule has 0 radical (unpaired) electrons. The second-order valence-electron chi connectivity index (χ2n) is 4.13. The summed E-state index contributed by atoms with van der Waals surface area (Å²) in [5, 5.41) is 2.79. The van der Waals surface area contributed by atoms with Crippen molar-refractivity contribution in [2.24, 2.45) is 5.73 Å². The van der Waals surface area contributed by atoms with Crippen LogP contribution in [0.15, 0.2) is 34.8 Å². The van der Waals surface area contributed by atoms with Crippen LogP contribution in [0.4, 0.5) is 20.2 Å². The lowest BCUT2D eigenvalue weighted by Crippen LogP contribution is -2.11. The second-order valence-corrected chi connectivity index (χ2v) is 5.36. The van der Waals surface area contributed by atoms with Crippen LogP contribution in [0.2, 0.25) is 0 Å². The van der Waals surface area contributed by atoms with Crippen LogP contribution in [0.5, 0.6) is 5.75 Å². The quantitative estimate of drug-likeness (QED) is 0.792. The first-order valence-electron chi connectivity index (χ1n) is 5.82. The van der Waals surface area contributed by atoms with Crippen molar-refractivity contribution in [2.75, 3.05) is 12.4 Å². The molecule has 3 N–H and O–H groups in total. The minimum atomic E-state index is -0.559. The van der Waals surface area contributed by atoms with E-state index in [-0.39, 0.29) is 20.9 Å². The van der Waals surface area contributed by atoms with Gasteiger partial charge in [-0.05, 0) is 40.2 Å². The molecule has 0 unspecified atom stereocenters. The highest BCUT2D eigenvalue weighted by Crippen LogP contribution is 2.30. The topological polar surface area (TPSA) is 47.3 Å². The lowest BCUT2D eigenvalue weighted by molar-refractivity contribution is 0.386. The summed E-state index contributed by atoms with van der Waals surface area (Å²) in [5.74, 6) is -0.982. The van der Waals surface area contributed by atoms with Gasteiger partial charge < -0.3 is 15.8 Å². The molecule has 0 aromatic heterocycles. The van der Waals surface area contributed by atoms with Gasteiger partial charge in [0.05, 0.1) is 17.3 Å². The van der Waals surface area contributed by atoms with Crippen LogP contribution < -0.4 is 15.8 Å². The maximum absolute atomic E-state index is 14.2. The van der Waals surface area contributed by atoms with E-state index >= 15 is 0 Å². The summed E-state index contributed by atoms with van der Waals surface area (Å²) < 4.78 is 32.8. The zero-order valence-electron chi connectivity index (χ0n) is 10.9. The first-order chi connectivity index (χ1) is 9.93. The van der Waals surface area contributed by atoms with E-state index in [1.807, 2.05) is 0 Å². The van der Waals surface area contributed by atoms with Crippen LogP contribution in [0.25, 0.3) is 0 Å². The van der Waals surface area contributed by atoms with Crippen LogP contribution in [0.1, 0.15) is 5.56 Å². The third-order valence-corrected chi connectivity index (χ3v) is 3.77. The predicted octanol–water partition coefficient (Wildman–Crippen LogP) is 4.11. The van der Waals surface area contributed by atoms with Crippen molar-refractivity contribution in [3.8, 4) is 5.75 Å². The molecule has 2 aromatic rings. The van der Waals surface area contributed by atoms with E-state index < -0.39 is 11.6 Å². The molecule has 0 aliphatic heterocycles. The summed E-state index contributed by atoms with van der Waals surface area (Å²) in [6, 6.07) is 7.31. The van der Waals surface area contributed by atoms with Gasteiger partial charge in [0.25, 0.3) is 0 Å². The number of benzene rings is 2. The van der Waals surface area contributed by atoms with E-state index in [2.05, 4.69) is 21.2 Å². The number of anilines is 2. The maximum atomic E-state index is 14.2. The van der Waals surface area contributed by atoms with Gasteiger partial charge in [-0.15, -0.1) is 0 Å². The molecule has 0 bridgehead atoms. The normalized spacial score (nSPS) is 10.3. The molecule has 0 atom stereocenters. The van der Waals surface area contributed by atoms with E-state index in [1.165, 1.54) is 25.3 Å². The van der Waals surface area contributed by atoms with Gasteiger partial charge in [-0.3, -0.25) is 0 Å². The maximum Gasteiger partial charge on any atom is 0.167 e. The van der Waals surface area contributed by atoms with Crippen LogP contribution in [-0.2, 0) is 0 Å². The van der Waals surface area contributed by atoms with Gasteiger partial charge in [-0.25, -0.2) is 8.78 Å². The van der Waals surface area contributed by atoms with Gasteiger partial charge in [-0.2, -0.15) is 0 Å². The molecule has 0 fully saturated rings.